The molecule has 0 saturated heterocycles. The molecule has 0 fully saturated rings. The van der Waals surface area contributed by atoms with Gasteiger partial charge in [-0.1, -0.05) is 26.8 Å². The third kappa shape index (κ3) is 3.72. The molecule has 118 valence electrons. The zero-order chi connectivity index (χ0) is 16.1. The van der Waals surface area contributed by atoms with Gasteiger partial charge >= 0.3 is 0 Å². The highest BCUT2D eigenvalue weighted by atomic mass is 16.5. The number of nitrogens with one attached hydrogen (secondary N) is 1. The Kier molecular flexibility index (Phi) is 5.31. The van der Waals surface area contributed by atoms with E-state index in [1.54, 1.807) is 6.08 Å². The van der Waals surface area contributed by atoms with Crippen LogP contribution in [-0.2, 0) is 11.2 Å². The number of aromatic amines is 1. The van der Waals surface area contributed by atoms with Crippen LogP contribution >= 0.6 is 0 Å². The average Bonchev–Trinajstić information content (AvgIpc) is 2.91. The molecule has 2 aromatic heterocycles. The fourth-order valence-electron chi connectivity index (χ4n) is 1.99. The highest BCUT2D eigenvalue weighted by Crippen LogP contribution is 2.27. The molecule has 0 bridgehead atoms. The van der Waals surface area contributed by atoms with E-state index in [1.165, 1.54) is 6.33 Å². The van der Waals surface area contributed by atoms with Gasteiger partial charge in [0.05, 0.1) is 11.5 Å². The van der Waals surface area contributed by atoms with Crippen LogP contribution in [0.2, 0.25) is 0 Å². The molecule has 2 rings (SSSR count). The van der Waals surface area contributed by atoms with Crippen molar-refractivity contribution in [1.82, 2.24) is 15.0 Å². The summed E-state index contributed by atoms with van der Waals surface area (Å²) in [5.74, 6) is 1.12. The average molecular weight is 301 g/mol. The van der Waals surface area contributed by atoms with Crippen LogP contribution in [0.1, 0.15) is 39.7 Å². The second-order valence-corrected chi connectivity index (χ2v) is 5.71. The molecule has 0 radical (unpaired) electrons. The van der Waals surface area contributed by atoms with Gasteiger partial charge in [-0.15, -0.1) is 0 Å². The molecule has 1 N–H and O–H groups in total. The maximum Gasteiger partial charge on any atom is 0.226 e. The fraction of sp³-hybridized carbons (Fsp3) is 0.471. The van der Waals surface area contributed by atoms with Crippen molar-refractivity contribution in [3.63, 3.8) is 0 Å². The number of fused-ring (bicyclic) bond motifs is 1. The van der Waals surface area contributed by atoms with E-state index in [4.69, 9.17) is 4.74 Å². The van der Waals surface area contributed by atoms with Crippen LogP contribution in [0.5, 0.6) is 5.88 Å². The molecule has 2 heterocycles. The van der Waals surface area contributed by atoms with Crippen molar-refractivity contribution in [1.29, 1.82) is 0 Å². The Hall–Kier alpha value is -2.17. The normalized spacial score (nSPS) is 13.1. The van der Waals surface area contributed by atoms with Gasteiger partial charge in [-0.2, -0.15) is 0 Å². The topological polar surface area (TPSA) is 67.9 Å². The summed E-state index contributed by atoms with van der Waals surface area (Å²) in [4.78, 5) is 23.0. The molecule has 0 saturated carbocycles. The number of rotatable bonds is 7. The highest BCUT2D eigenvalue weighted by molar-refractivity contribution is 5.89. The van der Waals surface area contributed by atoms with Crippen LogP contribution in [0.3, 0.4) is 0 Å². The van der Waals surface area contributed by atoms with Crippen LogP contribution in [-0.4, -0.2) is 26.8 Å². The number of aromatic nitrogens is 3. The summed E-state index contributed by atoms with van der Waals surface area (Å²) in [6.45, 7) is 8.11. The second-order valence-electron chi connectivity index (χ2n) is 5.71. The number of hydrogen-bond donors (Lipinski definition) is 1. The molecule has 1 unspecified atom stereocenters. The standard InChI is InChI=1S/C17H23N3O2/c1-5-14(21)8-6-7-13-9-18-16-15(13)17(20-10-19-16)22-12(4)11(2)3/h6,8-12H,5,7H2,1-4H3,(H,18,19,20)/b8-6+. The lowest BCUT2D eigenvalue weighted by molar-refractivity contribution is -0.114. The Balaban J connectivity index is 2.28. The van der Waals surface area contributed by atoms with Gasteiger partial charge in [0, 0.05) is 12.6 Å². The fourth-order valence-corrected chi connectivity index (χ4v) is 1.99. The lowest BCUT2D eigenvalue weighted by Crippen LogP contribution is -2.19. The minimum absolute atomic E-state index is 0.0676. The summed E-state index contributed by atoms with van der Waals surface area (Å²) < 4.78 is 5.97. The molecule has 22 heavy (non-hydrogen) atoms. The molecular formula is C17H23N3O2. The van der Waals surface area contributed by atoms with E-state index in [0.29, 0.717) is 24.6 Å². The summed E-state index contributed by atoms with van der Waals surface area (Å²) in [7, 11) is 0. The Morgan fingerprint density at radius 1 is 1.36 bits per heavy atom. The summed E-state index contributed by atoms with van der Waals surface area (Å²) in [6.07, 6.45) is 8.13. The van der Waals surface area contributed by atoms with Gasteiger partial charge < -0.3 is 9.72 Å². The van der Waals surface area contributed by atoms with Gasteiger partial charge in [0.15, 0.2) is 5.78 Å². The third-order valence-electron chi connectivity index (χ3n) is 3.74. The van der Waals surface area contributed by atoms with Crippen molar-refractivity contribution in [2.45, 2.75) is 46.6 Å². The Labute approximate surface area is 130 Å². The van der Waals surface area contributed by atoms with Crippen molar-refractivity contribution in [2.24, 2.45) is 5.92 Å². The lowest BCUT2D eigenvalue weighted by Gasteiger charge is -2.17. The summed E-state index contributed by atoms with van der Waals surface area (Å²) in [5.41, 5.74) is 1.79. The minimum Gasteiger partial charge on any atom is -0.474 e. The van der Waals surface area contributed by atoms with Crippen molar-refractivity contribution in [3.8, 4) is 5.88 Å². The van der Waals surface area contributed by atoms with E-state index in [1.807, 2.05) is 26.1 Å². The largest absolute Gasteiger partial charge is 0.474 e. The lowest BCUT2D eigenvalue weighted by atomic mass is 10.1. The minimum atomic E-state index is 0.0676. The van der Waals surface area contributed by atoms with Gasteiger partial charge in [0.2, 0.25) is 5.88 Å². The first-order valence-corrected chi connectivity index (χ1v) is 7.69. The van der Waals surface area contributed by atoms with Crippen LogP contribution < -0.4 is 4.74 Å². The summed E-state index contributed by atoms with van der Waals surface area (Å²) in [6, 6.07) is 0. The maximum atomic E-state index is 11.3. The monoisotopic (exact) mass is 301 g/mol. The van der Waals surface area contributed by atoms with Crippen molar-refractivity contribution in [3.05, 3.63) is 30.2 Å². The number of hydrogen-bond acceptors (Lipinski definition) is 4. The molecule has 5 heteroatoms. The van der Waals surface area contributed by atoms with Crippen molar-refractivity contribution in [2.75, 3.05) is 0 Å². The van der Waals surface area contributed by atoms with Gasteiger partial charge in [0.25, 0.3) is 0 Å². The molecule has 0 aliphatic rings. The first kappa shape index (κ1) is 16.2. The van der Waals surface area contributed by atoms with E-state index in [2.05, 4.69) is 28.8 Å². The Bertz CT molecular complexity index is 674. The predicted molar refractivity (Wildman–Crippen MR) is 87.0 cm³/mol. The number of H-pyrrole nitrogens is 1. The van der Waals surface area contributed by atoms with E-state index in [-0.39, 0.29) is 11.9 Å². The first-order chi connectivity index (χ1) is 10.5. The SMILES string of the molecule is CCC(=O)/C=C/Cc1c[nH]c2ncnc(OC(C)C(C)C)c12. The van der Waals surface area contributed by atoms with Gasteiger partial charge in [-0.25, -0.2) is 9.97 Å². The molecule has 0 aromatic carbocycles. The molecule has 0 aliphatic heterocycles. The molecule has 0 aliphatic carbocycles. The Morgan fingerprint density at radius 3 is 2.82 bits per heavy atom. The van der Waals surface area contributed by atoms with Crippen LogP contribution in [0.4, 0.5) is 0 Å². The maximum absolute atomic E-state index is 11.3. The predicted octanol–water partition coefficient (Wildman–Crippen LogP) is 3.46. The Morgan fingerprint density at radius 2 is 2.14 bits per heavy atom. The number of carbonyl (C=O) groups is 1. The molecular weight excluding hydrogens is 278 g/mol. The number of allylic oxidation sites excluding steroid dienone is 2. The molecule has 5 nitrogen and oxygen atoms in total. The van der Waals surface area contributed by atoms with E-state index >= 15 is 0 Å². The number of carbonyl (C=O) groups excluding carboxylic acids is 1. The highest BCUT2D eigenvalue weighted by Gasteiger charge is 2.15. The van der Waals surface area contributed by atoms with Crippen LogP contribution in [0, 0.1) is 5.92 Å². The van der Waals surface area contributed by atoms with Crippen molar-refractivity contribution < 1.29 is 9.53 Å². The molecule has 2 aromatic rings. The zero-order valence-corrected chi connectivity index (χ0v) is 13.6. The smallest absolute Gasteiger partial charge is 0.226 e. The quantitative estimate of drug-likeness (QED) is 0.795. The van der Waals surface area contributed by atoms with Crippen LogP contribution in [0.25, 0.3) is 11.0 Å². The van der Waals surface area contributed by atoms with E-state index < -0.39 is 0 Å². The first-order valence-electron chi connectivity index (χ1n) is 7.69. The molecule has 0 amide bonds. The van der Waals surface area contributed by atoms with E-state index in [0.717, 1.165) is 16.6 Å². The zero-order valence-electron chi connectivity index (χ0n) is 13.6. The van der Waals surface area contributed by atoms with Gasteiger partial charge in [-0.3, -0.25) is 4.79 Å². The number of ketones is 1. The van der Waals surface area contributed by atoms with Crippen LogP contribution in [0.15, 0.2) is 24.7 Å². The number of nitrogens with zero attached hydrogens (tertiary/aromatic N) is 2. The van der Waals surface area contributed by atoms with Gasteiger partial charge in [-0.05, 0) is 30.9 Å². The molecule has 1 atom stereocenters. The molecule has 0 spiro atoms. The third-order valence-corrected chi connectivity index (χ3v) is 3.74. The van der Waals surface area contributed by atoms with E-state index in [9.17, 15) is 4.79 Å². The number of ether oxygens (including phenoxy) is 1. The van der Waals surface area contributed by atoms with Gasteiger partial charge in [0.1, 0.15) is 12.0 Å². The summed E-state index contributed by atoms with van der Waals surface area (Å²) in [5, 5.41) is 0.892. The summed E-state index contributed by atoms with van der Waals surface area (Å²) >= 11 is 0. The van der Waals surface area contributed by atoms with Crippen molar-refractivity contribution >= 4 is 16.8 Å². The second kappa shape index (κ2) is 7.20.